The number of rotatable bonds is 5. The number of Topliss-reactive ketones (excluding diaryl/α,β-unsaturated/α-hetero) is 2. The second-order valence-electron chi connectivity index (χ2n) is 17.8. The van der Waals surface area contributed by atoms with Gasteiger partial charge in [0.1, 0.15) is 17.9 Å². The topological polar surface area (TPSA) is 160 Å². The molecule has 14 atom stereocenters. The number of carbonyl (C=O) groups excluding carboxylic acids is 4. The van der Waals surface area contributed by atoms with Crippen molar-refractivity contribution in [2.45, 2.75) is 175 Å². The van der Waals surface area contributed by atoms with Crippen molar-refractivity contribution in [3.05, 3.63) is 23.3 Å². The Kier molecular flexibility index (Phi) is 16.3. The van der Waals surface area contributed by atoms with Gasteiger partial charge in [0.15, 0.2) is 0 Å². The van der Waals surface area contributed by atoms with Gasteiger partial charge in [-0.25, -0.2) is 4.79 Å². The van der Waals surface area contributed by atoms with Gasteiger partial charge >= 0.3 is 5.97 Å². The Labute approximate surface area is 329 Å². The molecule has 11 heteroatoms. The van der Waals surface area contributed by atoms with Crippen LogP contribution in [0.5, 0.6) is 0 Å². The first kappa shape index (κ1) is 45.3. The van der Waals surface area contributed by atoms with E-state index in [-0.39, 0.29) is 60.9 Å². The standard InChI is InChI=1S/C44H71NO10/c1-10-32-20-26(4)18-25(3)19-27(5)40-33(11-2)22-29(7)44(52,55-40)41(49)42(50)45-17-13-12-14-34(45)43(51)54-39(30(8)36(47)24-37(32)48)28(6)21-31-15-16-35(46)38(23-31)53-9/h20-21,25,27,29-36,38-40,46-47,52H,10-19,22-24H2,1-9H3/b26-20+,28-21+/t25-,27-,29+,30+,31-,32+,33-,34?,35+,36-,38+,39+,40+,44+/m0/s1. The first-order chi connectivity index (χ1) is 25.9. The molecule has 312 valence electrons. The maximum atomic E-state index is 14.3. The van der Waals surface area contributed by atoms with Gasteiger partial charge in [-0.05, 0) is 107 Å². The van der Waals surface area contributed by atoms with Crippen LogP contribution in [0, 0.1) is 41.4 Å². The van der Waals surface area contributed by atoms with Gasteiger partial charge in [0.05, 0.1) is 24.4 Å². The second-order valence-corrected chi connectivity index (χ2v) is 17.8. The number of allylic oxidation sites excluding steroid dienone is 3. The van der Waals surface area contributed by atoms with Gasteiger partial charge < -0.3 is 34.4 Å². The number of aliphatic hydroxyl groups is 3. The summed E-state index contributed by atoms with van der Waals surface area (Å²) < 4.78 is 18.2. The Morgan fingerprint density at radius 1 is 0.964 bits per heavy atom. The minimum absolute atomic E-state index is 0.0191. The minimum atomic E-state index is -2.34. The Bertz CT molecular complexity index is 1410. The highest BCUT2D eigenvalue weighted by atomic mass is 16.6. The molecule has 55 heavy (non-hydrogen) atoms. The quantitative estimate of drug-likeness (QED) is 0.169. The highest BCUT2D eigenvalue weighted by molar-refractivity contribution is 6.39. The number of ether oxygens (including phenoxy) is 3. The molecule has 0 aromatic heterocycles. The van der Waals surface area contributed by atoms with Crippen molar-refractivity contribution < 1.29 is 48.7 Å². The van der Waals surface area contributed by atoms with E-state index in [0.717, 1.165) is 24.8 Å². The number of esters is 1. The predicted octanol–water partition coefficient (Wildman–Crippen LogP) is 6.11. The molecule has 0 aromatic carbocycles. The number of carbonyl (C=O) groups is 4. The number of fused-ring (bicyclic) bond motifs is 3. The van der Waals surface area contributed by atoms with Crippen LogP contribution in [0.25, 0.3) is 0 Å². The van der Waals surface area contributed by atoms with Crippen molar-refractivity contribution in [3.8, 4) is 0 Å². The molecule has 0 aromatic rings. The van der Waals surface area contributed by atoms with E-state index in [4.69, 9.17) is 14.2 Å². The Morgan fingerprint density at radius 2 is 1.67 bits per heavy atom. The zero-order chi connectivity index (χ0) is 40.8. The molecule has 0 spiro atoms. The maximum Gasteiger partial charge on any atom is 0.329 e. The Hall–Kier alpha value is -2.44. The molecule has 1 aliphatic carbocycles. The largest absolute Gasteiger partial charge is 0.456 e. The second kappa shape index (κ2) is 19.8. The fourth-order valence-electron chi connectivity index (χ4n) is 9.96. The molecule has 3 N–H and O–H groups in total. The van der Waals surface area contributed by atoms with Gasteiger partial charge in [-0.3, -0.25) is 14.4 Å². The van der Waals surface area contributed by atoms with Crippen LogP contribution in [0.3, 0.4) is 0 Å². The molecule has 0 radical (unpaired) electrons. The van der Waals surface area contributed by atoms with Crippen molar-refractivity contribution in [2.24, 2.45) is 41.4 Å². The third-order valence-corrected chi connectivity index (χ3v) is 13.3. The molecule has 4 rings (SSSR count). The molecule has 2 bridgehead atoms. The minimum Gasteiger partial charge on any atom is -0.456 e. The zero-order valence-corrected chi connectivity index (χ0v) is 35.0. The number of ketones is 2. The number of cyclic esters (lactones) is 1. The summed E-state index contributed by atoms with van der Waals surface area (Å²) in [4.78, 5) is 57.7. The first-order valence-electron chi connectivity index (χ1n) is 21.2. The van der Waals surface area contributed by atoms with E-state index in [9.17, 15) is 34.5 Å². The van der Waals surface area contributed by atoms with Gasteiger partial charge in [0.25, 0.3) is 11.7 Å². The van der Waals surface area contributed by atoms with Crippen LogP contribution in [0.2, 0.25) is 0 Å². The molecule has 1 amide bonds. The lowest BCUT2D eigenvalue weighted by Gasteiger charge is -2.47. The monoisotopic (exact) mass is 774 g/mol. The number of methoxy groups -OCH3 is 1. The van der Waals surface area contributed by atoms with Gasteiger partial charge in [0.2, 0.25) is 5.79 Å². The van der Waals surface area contributed by atoms with E-state index in [1.165, 1.54) is 4.90 Å². The van der Waals surface area contributed by atoms with E-state index in [2.05, 4.69) is 20.8 Å². The van der Waals surface area contributed by atoms with Crippen molar-refractivity contribution in [3.63, 3.8) is 0 Å². The van der Waals surface area contributed by atoms with Crippen LogP contribution in [-0.4, -0.2) is 99.7 Å². The molecule has 3 aliphatic heterocycles. The third-order valence-electron chi connectivity index (χ3n) is 13.3. The molecule has 4 aliphatic rings. The summed E-state index contributed by atoms with van der Waals surface area (Å²) in [7, 11) is 1.57. The average molecular weight is 774 g/mol. The summed E-state index contributed by atoms with van der Waals surface area (Å²) in [6.07, 6.45) is 7.16. The van der Waals surface area contributed by atoms with Crippen LogP contribution < -0.4 is 0 Å². The lowest BCUT2D eigenvalue weighted by Crippen LogP contribution is -2.62. The van der Waals surface area contributed by atoms with Gasteiger partial charge in [-0.2, -0.15) is 0 Å². The fourth-order valence-corrected chi connectivity index (χ4v) is 9.96. The molecular weight excluding hydrogens is 702 g/mol. The maximum absolute atomic E-state index is 14.3. The third kappa shape index (κ3) is 10.7. The number of nitrogens with zero attached hydrogens (tertiary/aromatic N) is 1. The predicted molar refractivity (Wildman–Crippen MR) is 209 cm³/mol. The summed E-state index contributed by atoms with van der Waals surface area (Å²) in [5.74, 6) is -6.58. The van der Waals surface area contributed by atoms with Crippen molar-refractivity contribution in [2.75, 3.05) is 13.7 Å². The van der Waals surface area contributed by atoms with E-state index in [1.807, 2.05) is 32.9 Å². The van der Waals surface area contributed by atoms with Gasteiger partial charge in [0, 0.05) is 37.8 Å². The highest BCUT2D eigenvalue weighted by Gasteiger charge is 2.55. The molecule has 3 fully saturated rings. The SMILES string of the molecule is CC[C@H]1C[C@@H](C)[C@@]2(O)O[C@@H]1[C@@H](C)C[C@@H](C)C/C(C)=C/[C@@H](CC)C(=O)C[C@H](O)[C@@H](C)[C@@H](/C(C)=C/[C@@H]1CC[C@@H](O)[C@H](OC)C1)OC(=O)C1CCCCN1C(=O)C2=O. The number of piperidine rings is 1. The fraction of sp³-hybridized carbons (Fsp3) is 0.818. The van der Waals surface area contributed by atoms with Gasteiger partial charge in [-0.15, -0.1) is 0 Å². The lowest BCUT2D eigenvalue weighted by molar-refractivity contribution is -0.284. The molecule has 1 unspecified atom stereocenters. The van der Waals surface area contributed by atoms with Crippen LogP contribution in [0.4, 0.5) is 0 Å². The summed E-state index contributed by atoms with van der Waals surface area (Å²) in [5, 5.41) is 34.1. The summed E-state index contributed by atoms with van der Waals surface area (Å²) in [6.45, 7) is 15.8. The Balaban J connectivity index is 1.75. The molecular formula is C44H71NO10. The van der Waals surface area contributed by atoms with Crippen LogP contribution in [0.1, 0.15) is 132 Å². The summed E-state index contributed by atoms with van der Waals surface area (Å²) >= 11 is 0. The number of aliphatic hydroxyl groups excluding tert-OH is 2. The van der Waals surface area contributed by atoms with Crippen molar-refractivity contribution >= 4 is 23.4 Å². The van der Waals surface area contributed by atoms with E-state index in [1.54, 1.807) is 21.0 Å². The Morgan fingerprint density at radius 3 is 2.33 bits per heavy atom. The van der Waals surface area contributed by atoms with Gasteiger partial charge in [-0.1, -0.05) is 65.7 Å². The number of hydrogen-bond acceptors (Lipinski definition) is 10. The molecule has 2 saturated heterocycles. The van der Waals surface area contributed by atoms with E-state index < -0.39 is 65.7 Å². The summed E-state index contributed by atoms with van der Waals surface area (Å²) in [6, 6.07) is -1.08. The summed E-state index contributed by atoms with van der Waals surface area (Å²) in [5.41, 5.74) is 1.76. The van der Waals surface area contributed by atoms with Crippen LogP contribution >= 0.6 is 0 Å². The smallest absolute Gasteiger partial charge is 0.329 e. The van der Waals surface area contributed by atoms with E-state index >= 15 is 0 Å². The number of amides is 1. The first-order valence-corrected chi connectivity index (χ1v) is 21.2. The molecule has 11 nitrogen and oxygen atoms in total. The van der Waals surface area contributed by atoms with E-state index in [0.29, 0.717) is 50.5 Å². The zero-order valence-electron chi connectivity index (χ0n) is 35.0. The van der Waals surface area contributed by atoms with Crippen molar-refractivity contribution in [1.82, 2.24) is 4.90 Å². The normalized spacial score (nSPS) is 42.1. The lowest BCUT2D eigenvalue weighted by atomic mass is 9.74. The van der Waals surface area contributed by atoms with Crippen LogP contribution in [-0.2, 0) is 33.4 Å². The molecule has 1 saturated carbocycles. The number of hydrogen-bond donors (Lipinski definition) is 3. The van der Waals surface area contributed by atoms with Crippen LogP contribution in [0.15, 0.2) is 23.3 Å². The average Bonchev–Trinajstić information content (AvgIpc) is 3.15. The highest BCUT2D eigenvalue weighted by Crippen LogP contribution is 2.43. The van der Waals surface area contributed by atoms with Crippen molar-refractivity contribution in [1.29, 1.82) is 0 Å². The molecule has 3 heterocycles.